The molecule has 0 bridgehead atoms. The molecule has 3 unspecified atom stereocenters. The first-order valence-electron chi connectivity index (χ1n) is 8.05. The number of ether oxygens (including phenoxy) is 1. The van der Waals surface area contributed by atoms with Crippen molar-refractivity contribution < 1.29 is 14.2 Å². The molecule has 0 amide bonds. The van der Waals surface area contributed by atoms with Gasteiger partial charge >= 0.3 is 0 Å². The van der Waals surface area contributed by atoms with Crippen molar-refractivity contribution in [2.75, 3.05) is 19.7 Å². The molecule has 0 spiro atoms. The molecular weight excluding hydrogens is 283 g/mol. The molecular formula is C17H25FN2O2. The third-order valence-electron chi connectivity index (χ3n) is 4.91. The minimum atomic E-state index is -0.535. The molecule has 0 saturated carbocycles. The van der Waals surface area contributed by atoms with Crippen LogP contribution in [-0.4, -0.2) is 47.9 Å². The Bertz CT molecular complexity index is 539. The van der Waals surface area contributed by atoms with Crippen LogP contribution in [0.15, 0.2) is 18.2 Å². The maximum absolute atomic E-state index is 13.7. The summed E-state index contributed by atoms with van der Waals surface area (Å²) in [7, 11) is 0. The SMILES string of the molecule is CC(c1ccc(F)cc1C1OCC1O)N1C[C@H](C)NC[C@H]1C. The molecule has 1 aromatic rings. The first-order valence-corrected chi connectivity index (χ1v) is 8.05. The Balaban J connectivity index is 1.89. The van der Waals surface area contributed by atoms with E-state index in [-0.39, 0.29) is 11.9 Å². The highest BCUT2D eigenvalue weighted by Crippen LogP contribution is 2.37. The fraction of sp³-hybridized carbons (Fsp3) is 0.647. The van der Waals surface area contributed by atoms with Crippen LogP contribution in [0.3, 0.4) is 0 Å². The second-order valence-electron chi connectivity index (χ2n) is 6.63. The summed E-state index contributed by atoms with van der Waals surface area (Å²) in [5.74, 6) is -0.282. The van der Waals surface area contributed by atoms with Gasteiger partial charge in [0.2, 0.25) is 0 Å². The number of nitrogens with one attached hydrogen (secondary N) is 1. The van der Waals surface area contributed by atoms with Crippen LogP contribution in [0.1, 0.15) is 44.0 Å². The Morgan fingerprint density at radius 2 is 2.18 bits per heavy atom. The van der Waals surface area contributed by atoms with E-state index in [0.717, 1.165) is 24.2 Å². The normalized spacial score (nSPS) is 34.2. The summed E-state index contributed by atoms with van der Waals surface area (Å²) >= 11 is 0. The van der Waals surface area contributed by atoms with E-state index in [1.807, 2.05) is 6.07 Å². The van der Waals surface area contributed by atoms with Crippen LogP contribution in [0.4, 0.5) is 4.39 Å². The Hall–Kier alpha value is -1.01. The number of hydrogen-bond donors (Lipinski definition) is 2. The van der Waals surface area contributed by atoms with Crippen LogP contribution in [0, 0.1) is 5.82 Å². The second-order valence-corrected chi connectivity index (χ2v) is 6.63. The molecule has 0 radical (unpaired) electrons. The molecule has 2 fully saturated rings. The summed E-state index contributed by atoms with van der Waals surface area (Å²) in [4.78, 5) is 2.43. The van der Waals surface area contributed by atoms with Gasteiger partial charge in [-0.1, -0.05) is 6.07 Å². The average molecular weight is 308 g/mol. The van der Waals surface area contributed by atoms with Crippen molar-refractivity contribution in [2.24, 2.45) is 0 Å². The van der Waals surface area contributed by atoms with Gasteiger partial charge in [0.1, 0.15) is 18.0 Å². The molecule has 2 heterocycles. The summed E-state index contributed by atoms with van der Waals surface area (Å²) in [5, 5.41) is 13.4. The molecule has 0 aromatic heterocycles. The molecule has 2 aliphatic rings. The van der Waals surface area contributed by atoms with Crippen LogP contribution in [0.25, 0.3) is 0 Å². The highest BCUT2D eigenvalue weighted by molar-refractivity contribution is 5.34. The quantitative estimate of drug-likeness (QED) is 0.896. The van der Waals surface area contributed by atoms with Gasteiger partial charge < -0.3 is 15.2 Å². The predicted molar refractivity (Wildman–Crippen MR) is 83.1 cm³/mol. The fourth-order valence-electron chi connectivity index (χ4n) is 3.52. The fourth-order valence-corrected chi connectivity index (χ4v) is 3.52. The molecule has 2 saturated heterocycles. The molecule has 0 aliphatic carbocycles. The Kier molecular flexibility index (Phi) is 4.50. The van der Waals surface area contributed by atoms with Gasteiger partial charge in [0.05, 0.1) is 6.61 Å². The van der Waals surface area contributed by atoms with Crippen molar-refractivity contribution in [3.8, 4) is 0 Å². The van der Waals surface area contributed by atoms with Crippen molar-refractivity contribution in [1.29, 1.82) is 0 Å². The molecule has 2 aliphatic heterocycles. The van der Waals surface area contributed by atoms with Crippen molar-refractivity contribution >= 4 is 0 Å². The van der Waals surface area contributed by atoms with Gasteiger partial charge in [0, 0.05) is 31.2 Å². The number of piperazine rings is 1. The zero-order valence-corrected chi connectivity index (χ0v) is 13.4. The van der Waals surface area contributed by atoms with Crippen LogP contribution in [0.5, 0.6) is 0 Å². The van der Waals surface area contributed by atoms with Gasteiger partial charge in [-0.2, -0.15) is 0 Å². The van der Waals surface area contributed by atoms with Gasteiger partial charge in [-0.3, -0.25) is 4.90 Å². The zero-order chi connectivity index (χ0) is 15.9. The molecule has 122 valence electrons. The topological polar surface area (TPSA) is 44.7 Å². The molecule has 5 heteroatoms. The van der Waals surface area contributed by atoms with Crippen molar-refractivity contribution in [2.45, 2.75) is 51.1 Å². The summed E-state index contributed by atoms with van der Waals surface area (Å²) < 4.78 is 19.1. The van der Waals surface area contributed by atoms with Crippen LogP contribution >= 0.6 is 0 Å². The first-order chi connectivity index (χ1) is 10.5. The zero-order valence-electron chi connectivity index (χ0n) is 13.4. The lowest BCUT2D eigenvalue weighted by Gasteiger charge is -2.43. The summed E-state index contributed by atoms with van der Waals surface area (Å²) in [6, 6.07) is 5.85. The number of hydrogen-bond acceptors (Lipinski definition) is 4. The smallest absolute Gasteiger partial charge is 0.123 e. The molecule has 3 rings (SSSR count). The van der Waals surface area contributed by atoms with E-state index in [1.54, 1.807) is 0 Å². The highest BCUT2D eigenvalue weighted by atomic mass is 19.1. The number of aliphatic hydroxyl groups is 1. The molecule has 2 N–H and O–H groups in total. The van der Waals surface area contributed by atoms with Crippen LogP contribution in [-0.2, 0) is 4.74 Å². The third kappa shape index (κ3) is 2.91. The van der Waals surface area contributed by atoms with Crippen molar-refractivity contribution in [3.05, 3.63) is 35.1 Å². The summed E-state index contributed by atoms with van der Waals surface area (Å²) in [6.45, 7) is 8.76. The van der Waals surface area contributed by atoms with E-state index in [4.69, 9.17) is 4.74 Å². The van der Waals surface area contributed by atoms with Crippen molar-refractivity contribution in [3.63, 3.8) is 0 Å². The highest BCUT2D eigenvalue weighted by Gasteiger charge is 2.36. The van der Waals surface area contributed by atoms with Crippen molar-refractivity contribution in [1.82, 2.24) is 10.2 Å². The van der Waals surface area contributed by atoms with Crippen LogP contribution < -0.4 is 5.32 Å². The average Bonchev–Trinajstić information content (AvgIpc) is 2.48. The number of rotatable bonds is 3. The summed E-state index contributed by atoms with van der Waals surface area (Å²) in [6.07, 6.45) is -0.934. The number of benzene rings is 1. The lowest BCUT2D eigenvalue weighted by atomic mass is 9.90. The lowest BCUT2D eigenvalue weighted by Crippen LogP contribution is -2.55. The third-order valence-corrected chi connectivity index (χ3v) is 4.91. The standard InChI is InChI=1S/C17H25FN2O2/c1-10-8-20(11(2)7-19-10)12(3)14-5-4-13(18)6-15(14)17-16(21)9-22-17/h4-6,10-12,16-17,19,21H,7-9H2,1-3H3/t10-,11+,12?,16?,17?/m0/s1. The minimum Gasteiger partial charge on any atom is -0.388 e. The molecule has 1 aromatic carbocycles. The van der Waals surface area contributed by atoms with E-state index in [2.05, 4.69) is 31.0 Å². The van der Waals surface area contributed by atoms with E-state index >= 15 is 0 Å². The number of halogens is 1. The number of aliphatic hydroxyl groups excluding tert-OH is 1. The maximum Gasteiger partial charge on any atom is 0.123 e. The van der Waals surface area contributed by atoms with Gasteiger partial charge in [-0.15, -0.1) is 0 Å². The van der Waals surface area contributed by atoms with Gasteiger partial charge in [-0.25, -0.2) is 4.39 Å². The number of nitrogens with zero attached hydrogens (tertiary/aromatic N) is 1. The molecule has 4 nitrogen and oxygen atoms in total. The predicted octanol–water partition coefficient (Wildman–Crippen LogP) is 2.00. The van der Waals surface area contributed by atoms with Gasteiger partial charge in [0.25, 0.3) is 0 Å². The van der Waals surface area contributed by atoms with E-state index in [9.17, 15) is 9.50 Å². The Morgan fingerprint density at radius 1 is 1.41 bits per heavy atom. The lowest BCUT2D eigenvalue weighted by molar-refractivity contribution is -0.166. The minimum absolute atomic E-state index is 0.159. The monoisotopic (exact) mass is 308 g/mol. The first kappa shape index (κ1) is 15.9. The van der Waals surface area contributed by atoms with Gasteiger partial charge in [-0.05, 0) is 44.0 Å². The van der Waals surface area contributed by atoms with Crippen LogP contribution in [0.2, 0.25) is 0 Å². The Labute approximate surface area is 131 Å². The largest absolute Gasteiger partial charge is 0.388 e. The van der Waals surface area contributed by atoms with E-state index < -0.39 is 12.2 Å². The van der Waals surface area contributed by atoms with E-state index in [0.29, 0.717) is 18.7 Å². The molecule has 22 heavy (non-hydrogen) atoms. The Morgan fingerprint density at radius 3 is 2.82 bits per heavy atom. The van der Waals surface area contributed by atoms with E-state index in [1.165, 1.54) is 12.1 Å². The molecule has 5 atom stereocenters. The summed E-state index contributed by atoms with van der Waals surface area (Å²) in [5.41, 5.74) is 1.83. The second kappa shape index (κ2) is 6.24. The maximum atomic E-state index is 13.7. The van der Waals surface area contributed by atoms with Gasteiger partial charge in [0.15, 0.2) is 0 Å².